The average Bonchev–Trinajstić information content (AvgIpc) is 3.06. The predicted octanol–water partition coefficient (Wildman–Crippen LogP) is 3.54. The van der Waals surface area contributed by atoms with E-state index in [1.165, 1.54) is 11.3 Å². The number of hydrogen-bond donors (Lipinski definition) is 1. The van der Waals surface area contributed by atoms with Crippen molar-refractivity contribution >= 4 is 39.6 Å². The molecule has 2 N–H and O–H groups in total. The summed E-state index contributed by atoms with van der Waals surface area (Å²) >= 11 is 4.82. The van der Waals surface area contributed by atoms with Gasteiger partial charge in [-0.2, -0.15) is 0 Å². The molecule has 0 bridgehead atoms. The van der Waals surface area contributed by atoms with E-state index in [1.54, 1.807) is 35.5 Å². The van der Waals surface area contributed by atoms with E-state index in [9.17, 15) is 0 Å². The highest BCUT2D eigenvalue weighted by atomic mass is 32.2. The Morgan fingerprint density at radius 3 is 2.95 bits per heavy atom. The highest BCUT2D eigenvalue weighted by Crippen LogP contribution is 2.30. The molecule has 0 aliphatic rings. The molecule has 0 atom stereocenters. The molecule has 0 unspecified atom stereocenters. The molecule has 0 amide bonds. The van der Waals surface area contributed by atoms with E-state index in [2.05, 4.69) is 20.3 Å². The normalized spacial score (nSPS) is 10.7. The Balaban J connectivity index is 1.68. The van der Waals surface area contributed by atoms with Crippen LogP contribution in [0.1, 0.15) is 5.69 Å². The Morgan fingerprint density at radius 2 is 2.21 bits per heavy atom. The van der Waals surface area contributed by atoms with Gasteiger partial charge in [0, 0.05) is 17.3 Å². The van der Waals surface area contributed by atoms with Gasteiger partial charge in [-0.05, 0) is 12.1 Å². The number of thioether (sulfide) groups is 1. The quantitative estimate of drug-likeness (QED) is 0.747. The number of pyridine rings is 1. The van der Waals surface area contributed by atoms with E-state index in [4.69, 9.17) is 5.73 Å². The highest BCUT2D eigenvalue weighted by molar-refractivity contribution is 8.00. The first kappa shape index (κ1) is 12.6. The van der Waals surface area contributed by atoms with Crippen molar-refractivity contribution in [2.45, 2.75) is 9.96 Å². The molecule has 0 fully saturated rings. The van der Waals surface area contributed by atoms with Gasteiger partial charge in [0.1, 0.15) is 5.01 Å². The van der Waals surface area contributed by atoms with Crippen molar-refractivity contribution in [2.24, 2.45) is 0 Å². The highest BCUT2D eigenvalue weighted by Gasteiger charge is 2.07. The van der Waals surface area contributed by atoms with Crippen molar-refractivity contribution in [1.82, 2.24) is 15.0 Å². The Labute approximate surface area is 122 Å². The van der Waals surface area contributed by atoms with Gasteiger partial charge in [-0.1, -0.05) is 17.4 Å². The van der Waals surface area contributed by atoms with Crippen molar-refractivity contribution in [3.8, 4) is 10.7 Å². The van der Waals surface area contributed by atoms with E-state index in [1.807, 2.05) is 18.2 Å². The molecule has 0 radical (unpaired) electrons. The smallest absolute Gasteiger partial charge is 0.181 e. The Kier molecular flexibility index (Phi) is 3.77. The van der Waals surface area contributed by atoms with Gasteiger partial charge in [-0.25, -0.2) is 9.97 Å². The van der Waals surface area contributed by atoms with E-state index >= 15 is 0 Å². The summed E-state index contributed by atoms with van der Waals surface area (Å²) in [6, 6.07) is 5.85. The maximum absolute atomic E-state index is 5.60. The van der Waals surface area contributed by atoms with Crippen molar-refractivity contribution in [1.29, 1.82) is 0 Å². The molecule has 0 aliphatic carbocycles. The topological polar surface area (TPSA) is 64.7 Å². The number of nitrogens with two attached hydrogens (primary N) is 1. The molecule has 0 aromatic carbocycles. The van der Waals surface area contributed by atoms with Gasteiger partial charge in [-0.15, -0.1) is 23.1 Å². The maximum atomic E-state index is 5.60. The van der Waals surface area contributed by atoms with Crippen LogP contribution in [0.25, 0.3) is 10.7 Å². The number of aromatic nitrogens is 3. The summed E-state index contributed by atoms with van der Waals surface area (Å²) < 4.78 is 1.12. The maximum Gasteiger partial charge on any atom is 0.181 e. The summed E-state index contributed by atoms with van der Waals surface area (Å²) in [7, 11) is 0. The van der Waals surface area contributed by atoms with Crippen LogP contribution < -0.4 is 5.73 Å². The molecule has 3 rings (SSSR count). The summed E-state index contributed by atoms with van der Waals surface area (Å²) in [5, 5.41) is 3.64. The molecule has 0 aliphatic heterocycles. The second kappa shape index (κ2) is 5.68. The third-order valence-corrected chi connectivity index (χ3v) is 5.27. The molecular formula is C12H10N4S3. The summed E-state index contributed by atoms with van der Waals surface area (Å²) in [5.74, 6) is 0.824. The van der Waals surface area contributed by atoms with E-state index in [0.29, 0.717) is 5.13 Å². The Bertz CT molecular complexity index is 662. The van der Waals surface area contributed by atoms with Crippen LogP contribution in [0.2, 0.25) is 0 Å². The van der Waals surface area contributed by atoms with Crippen LogP contribution in [0, 0.1) is 0 Å². The van der Waals surface area contributed by atoms with Gasteiger partial charge < -0.3 is 5.73 Å². The lowest BCUT2D eigenvalue weighted by Gasteiger charge is -1.94. The third-order valence-electron chi connectivity index (χ3n) is 2.30. The number of hydrogen-bond acceptors (Lipinski definition) is 7. The van der Waals surface area contributed by atoms with Crippen LogP contribution in [0.15, 0.2) is 40.2 Å². The second-order valence-electron chi connectivity index (χ2n) is 3.67. The summed E-state index contributed by atoms with van der Waals surface area (Å²) in [4.78, 5) is 12.9. The summed E-state index contributed by atoms with van der Waals surface area (Å²) in [6.07, 6.45) is 3.59. The predicted molar refractivity (Wildman–Crippen MR) is 81.4 cm³/mol. The zero-order valence-electron chi connectivity index (χ0n) is 9.81. The molecule has 3 aromatic rings. The lowest BCUT2D eigenvalue weighted by atomic mass is 10.4. The van der Waals surface area contributed by atoms with E-state index < -0.39 is 0 Å². The first-order valence-electron chi connectivity index (χ1n) is 5.51. The van der Waals surface area contributed by atoms with Crippen LogP contribution in [0.4, 0.5) is 5.13 Å². The van der Waals surface area contributed by atoms with E-state index in [-0.39, 0.29) is 0 Å². The summed E-state index contributed by atoms with van der Waals surface area (Å²) in [6.45, 7) is 0. The van der Waals surface area contributed by atoms with Crippen LogP contribution in [-0.2, 0) is 5.75 Å². The minimum atomic E-state index is 0.606. The first-order chi connectivity index (χ1) is 9.31. The number of nitrogens with zero attached hydrogens (tertiary/aromatic N) is 3. The van der Waals surface area contributed by atoms with Crippen molar-refractivity contribution in [3.05, 3.63) is 41.7 Å². The standard InChI is InChI=1S/C12H10N4S3/c13-12-15-5-10(19-12)17-6-8-7-18-11(16-8)9-3-1-2-4-14-9/h1-5,7H,6H2,(H2,13,15). The molecular weight excluding hydrogens is 296 g/mol. The van der Waals surface area contributed by atoms with Crippen molar-refractivity contribution in [3.63, 3.8) is 0 Å². The number of rotatable bonds is 4. The zero-order valence-corrected chi connectivity index (χ0v) is 12.3. The van der Waals surface area contributed by atoms with Gasteiger partial charge in [-0.3, -0.25) is 4.98 Å². The Hall–Kier alpha value is -1.44. The van der Waals surface area contributed by atoms with E-state index in [0.717, 1.165) is 26.4 Å². The fraction of sp³-hybridized carbons (Fsp3) is 0.0833. The molecule has 7 heteroatoms. The average molecular weight is 306 g/mol. The van der Waals surface area contributed by atoms with Gasteiger partial charge in [0.25, 0.3) is 0 Å². The van der Waals surface area contributed by atoms with Gasteiger partial charge in [0.05, 0.1) is 21.8 Å². The van der Waals surface area contributed by atoms with Gasteiger partial charge >= 0.3 is 0 Å². The van der Waals surface area contributed by atoms with Crippen molar-refractivity contribution in [2.75, 3.05) is 5.73 Å². The Morgan fingerprint density at radius 1 is 1.26 bits per heavy atom. The zero-order chi connectivity index (χ0) is 13.1. The SMILES string of the molecule is Nc1ncc(SCc2csc(-c3ccccn3)n2)s1. The number of nitrogen functional groups attached to an aromatic ring is 1. The molecule has 4 nitrogen and oxygen atoms in total. The van der Waals surface area contributed by atoms with Gasteiger partial charge in [0.15, 0.2) is 5.13 Å². The second-order valence-corrected chi connectivity index (χ2v) is 6.86. The molecule has 0 spiro atoms. The number of anilines is 1. The van der Waals surface area contributed by atoms with Crippen LogP contribution in [0.5, 0.6) is 0 Å². The lowest BCUT2D eigenvalue weighted by molar-refractivity contribution is 1.21. The molecule has 3 heterocycles. The monoisotopic (exact) mass is 306 g/mol. The van der Waals surface area contributed by atoms with Crippen molar-refractivity contribution < 1.29 is 0 Å². The van der Waals surface area contributed by atoms with Gasteiger partial charge in [0.2, 0.25) is 0 Å². The molecule has 3 aromatic heterocycles. The number of thiazole rings is 2. The lowest BCUT2D eigenvalue weighted by Crippen LogP contribution is -1.83. The van der Waals surface area contributed by atoms with Crippen LogP contribution in [-0.4, -0.2) is 15.0 Å². The largest absolute Gasteiger partial charge is 0.375 e. The van der Waals surface area contributed by atoms with Crippen LogP contribution in [0.3, 0.4) is 0 Å². The minimum absolute atomic E-state index is 0.606. The van der Waals surface area contributed by atoms with Crippen LogP contribution >= 0.6 is 34.4 Å². The first-order valence-corrected chi connectivity index (χ1v) is 8.19. The third kappa shape index (κ3) is 3.12. The molecule has 0 saturated heterocycles. The molecule has 19 heavy (non-hydrogen) atoms. The summed E-state index contributed by atoms with van der Waals surface area (Å²) in [5.41, 5.74) is 7.58. The fourth-order valence-electron chi connectivity index (χ4n) is 1.46. The minimum Gasteiger partial charge on any atom is -0.375 e. The fourth-order valence-corrected chi connectivity index (χ4v) is 4.02. The molecule has 0 saturated carbocycles. The molecule has 96 valence electrons.